The topological polar surface area (TPSA) is 55.6 Å². The number of carbonyl (C=O) groups excluding carboxylic acids is 1. The summed E-state index contributed by atoms with van der Waals surface area (Å²) in [5.41, 5.74) is 5.33. The summed E-state index contributed by atoms with van der Waals surface area (Å²) in [4.78, 5) is 14.4. The number of rotatable bonds is 3. The molecule has 0 bridgehead atoms. The van der Waals surface area contributed by atoms with Crippen molar-refractivity contribution in [1.29, 1.82) is 0 Å². The number of thiocarbonyl (C=S) groups is 1. The summed E-state index contributed by atoms with van der Waals surface area (Å²) in [6, 6.07) is 0. The zero-order valence-corrected chi connectivity index (χ0v) is 11.0. The van der Waals surface area contributed by atoms with E-state index in [1.54, 1.807) is 0 Å². The number of ether oxygens (including phenoxy) is 1. The second-order valence-corrected chi connectivity index (χ2v) is 5.19. The first-order valence-electron chi connectivity index (χ1n) is 5.58. The zero-order chi connectivity index (χ0) is 12.3. The van der Waals surface area contributed by atoms with Gasteiger partial charge in [0, 0.05) is 6.54 Å². The molecule has 1 aliphatic rings. The van der Waals surface area contributed by atoms with Crippen LogP contribution in [0.1, 0.15) is 27.2 Å². The minimum atomic E-state index is -0.340. The lowest BCUT2D eigenvalue weighted by atomic mass is 9.97. The van der Waals surface area contributed by atoms with Crippen LogP contribution in [0.5, 0.6) is 0 Å². The highest BCUT2D eigenvalue weighted by Gasteiger charge is 2.37. The second kappa shape index (κ2) is 5.10. The molecule has 16 heavy (non-hydrogen) atoms. The highest BCUT2D eigenvalue weighted by atomic mass is 32.1. The van der Waals surface area contributed by atoms with Crippen molar-refractivity contribution < 1.29 is 9.53 Å². The number of nitrogens with zero attached hydrogens (tertiary/aromatic N) is 1. The summed E-state index contributed by atoms with van der Waals surface area (Å²) in [7, 11) is 0. The molecule has 1 saturated heterocycles. The molecule has 1 amide bonds. The fourth-order valence-corrected chi connectivity index (χ4v) is 2.22. The van der Waals surface area contributed by atoms with Crippen molar-refractivity contribution in [3.05, 3.63) is 0 Å². The third-order valence-electron chi connectivity index (χ3n) is 2.96. The number of amides is 1. The van der Waals surface area contributed by atoms with Crippen LogP contribution in [0.4, 0.5) is 0 Å². The average Bonchev–Trinajstić information content (AvgIpc) is 2.17. The average molecular weight is 244 g/mol. The van der Waals surface area contributed by atoms with Crippen molar-refractivity contribution in [3.8, 4) is 0 Å². The van der Waals surface area contributed by atoms with Crippen LogP contribution in [0.25, 0.3) is 0 Å². The van der Waals surface area contributed by atoms with Crippen LogP contribution >= 0.6 is 12.2 Å². The van der Waals surface area contributed by atoms with E-state index in [0.717, 1.165) is 0 Å². The lowest BCUT2D eigenvalue weighted by Crippen LogP contribution is -2.58. The predicted octanol–water partition coefficient (Wildman–Crippen LogP) is 0.936. The second-order valence-electron chi connectivity index (χ2n) is 4.72. The summed E-state index contributed by atoms with van der Waals surface area (Å²) in [6.07, 6.45) is 0.654. The number of hydrogen-bond acceptors (Lipinski definition) is 3. The largest absolute Gasteiger partial charge is 0.393 e. The molecule has 1 fully saturated rings. The van der Waals surface area contributed by atoms with Crippen LogP contribution in [0, 0.1) is 5.92 Å². The molecule has 1 rings (SSSR count). The number of hydrogen-bond donors (Lipinski definition) is 1. The van der Waals surface area contributed by atoms with Crippen molar-refractivity contribution in [1.82, 2.24) is 4.90 Å². The maximum absolute atomic E-state index is 12.3. The Morgan fingerprint density at radius 1 is 1.62 bits per heavy atom. The summed E-state index contributed by atoms with van der Waals surface area (Å²) >= 11 is 4.94. The molecule has 5 heteroatoms. The van der Waals surface area contributed by atoms with Gasteiger partial charge in [0.25, 0.3) is 0 Å². The van der Waals surface area contributed by atoms with E-state index >= 15 is 0 Å². The van der Waals surface area contributed by atoms with Gasteiger partial charge in [-0.3, -0.25) is 4.79 Å². The van der Waals surface area contributed by atoms with Gasteiger partial charge in [0.2, 0.25) is 5.91 Å². The fraction of sp³-hybridized carbons (Fsp3) is 0.818. The van der Waals surface area contributed by atoms with Crippen molar-refractivity contribution >= 4 is 23.1 Å². The quantitative estimate of drug-likeness (QED) is 0.751. The van der Waals surface area contributed by atoms with E-state index < -0.39 is 0 Å². The molecule has 1 aliphatic heterocycles. The van der Waals surface area contributed by atoms with Gasteiger partial charge >= 0.3 is 0 Å². The third kappa shape index (κ3) is 2.71. The van der Waals surface area contributed by atoms with Crippen molar-refractivity contribution in [2.45, 2.75) is 32.7 Å². The Bertz CT molecular complexity index is 292. The van der Waals surface area contributed by atoms with Gasteiger partial charge in [-0.05, 0) is 20.3 Å². The molecule has 4 nitrogen and oxygen atoms in total. The highest BCUT2D eigenvalue weighted by molar-refractivity contribution is 7.80. The maximum Gasteiger partial charge on any atom is 0.233 e. The normalized spacial score (nSPS) is 21.6. The molecule has 1 heterocycles. The van der Waals surface area contributed by atoms with Crippen LogP contribution in [0.2, 0.25) is 0 Å². The Morgan fingerprint density at radius 2 is 2.25 bits per heavy atom. The van der Waals surface area contributed by atoms with Crippen LogP contribution in [-0.2, 0) is 9.53 Å². The van der Waals surface area contributed by atoms with E-state index in [4.69, 9.17) is 22.7 Å². The summed E-state index contributed by atoms with van der Waals surface area (Å²) in [6.45, 7) is 7.68. The smallest absolute Gasteiger partial charge is 0.233 e. The van der Waals surface area contributed by atoms with Gasteiger partial charge in [0.05, 0.1) is 29.7 Å². The summed E-state index contributed by atoms with van der Waals surface area (Å²) < 4.78 is 5.38. The minimum absolute atomic E-state index is 0.0308. The molecular weight excluding hydrogens is 224 g/mol. The molecule has 1 atom stereocenters. The Hall–Kier alpha value is -0.680. The number of nitrogens with two attached hydrogens (primary N) is 1. The highest BCUT2D eigenvalue weighted by Crippen LogP contribution is 2.22. The van der Waals surface area contributed by atoms with E-state index in [1.165, 1.54) is 0 Å². The van der Waals surface area contributed by atoms with Crippen molar-refractivity contribution in [3.63, 3.8) is 0 Å². The van der Waals surface area contributed by atoms with Crippen LogP contribution in [0.3, 0.4) is 0 Å². The zero-order valence-electron chi connectivity index (χ0n) is 10.2. The molecule has 0 spiro atoms. The Balaban J connectivity index is 2.82. The lowest BCUT2D eigenvalue weighted by Gasteiger charge is -2.43. The van der Waals surface area contributed by atoms with E-state index in [2.05, 4.69) is 0 Å². The summed E-state index contributed by atoms with van der Waals surface area (Å²) in [5.74, 6) is -0.310. The first kappa shape index (κ1) is 13.4. The lowest BCUT2D eigenvalue weighted by molar-refractivity contribution is -0.148. The van der Waals surface area contributed by atoms with Crippen molar-refractivity contribution in [2.75, 3.05) is 19.8 Å². The van der Waals surface area contributed by atoms with Gasteiger partial charge in [0.15, 0.2) is 0 Å². The van der Waals surface area contributed by atoms with E-state index in [-0.39, 0.29) is 22.4 Å². The number of morpholine rings is 1. The Kier molecular flexibility index (Phi) is 4.27. The molecule has 0 aromatic rings. The molecule has 0 aromatic heterocycles. The first-order chi connectivity index (χ1) is 7.40. The molecule has 2 N–H and O–H groups in total. The van der Waals surface area contributed by atoms with E-state index in [9.17, 15) is 4.79 Å². The molecule has 92 valence electrons. The van der Waals surface area contributed by atoms with Gasteiger partial charge in [-0.15, -0.1) is 0 Å². The van der Waals surface area contributed by atoms with Crippen LogP contribution in [0.15, 0.2) is 0 Å². The molecular formula is C11H20N2O2S. The van der Waals surface area contributed by atoms with Gasteiger partial charge in [0.1, 0.15) is 0 Å². The third-order valence-corrected chi connectivity index (χ3v) is 3.25. The number of carbonyl (C=O) groups is 1. The van der Waals surface area contributed by atoms with Gasteiger partial charge in [-0.2, -0.15) is 0 Å². The summed E-state index contributed by atoms with van der Waals surface area (Å²) in [5, 5.41) is 0. The van der Waals surface area contributed by atoms with E-state index in [1.807, 2.05) is 25.7 Å². The Labute approximate surface area is 102 Å². The van der Waals surface area contributed by atoms with Crippen LogP contribution in [-0.4, -0.2) is 41.1 Å². The first-order valence-corrected chi connectivity index (χ1v) is 5.99. The van der Waals surface area contributed by atoms with Crippen LogP contribution < -0.4 is 5.73 Å². The predicted molar refractivity (Wildman–Crippen MR) is 67.2 cm³/mol. The van der Waals surface area contributed by atoms with E-state index in [0.29, 0.717) is 26.2 Å². The molecule has 1 unspecified atom stereocenters. The molecule has 0 aromatic carbocycles. The minimum Gasteiger partial charge on any atom is -0.393 e. The van der Waals surface area contributed by atoms with Crippen molar-refractivity contribution in [2.24, 2.45) is 11.7 Å². The SMILES string of the molecule is CCC(C(=O)N1CCOCC1(C)C)C(N)=S. The fourth-order valence-electron chi connectivity index (χ4n) is 1.95. The van der Waals surface area contributed by atoms with Gasteiger partial charge in [-0.25, -0.2) is 0 Å². The standard InChI is InChI=1S/C11H20N2O2S/c1-4-8(9(12)16)10(14)13-5-6-15-7-11(13,2)3/h8H,4-7H2,1-3H3,(H2,12,16). The maximum atomic E-state index is 12.3. The molecule has 0 aliphatic carbocycles. The molecule has 0 radical (unpaired) electrons. The Morgan fingerprint density at radius 3 is 2.69 bits per heavy atom. The monoisotopic (exact) mass is 244 g/mol. The molecule has 0 saturated carbocycles. The van der Waals surface area contributed by atoms with Gasteiger partial charge in [-0.1, -0.05) is 19.1 Å². The van der Waals surface area contributed by atoms with Gasteiger partial charge < -0.3 is 15.4 Å².